The number of carbonyl (C=O) groups is 3. The molecule has 0 saturated heterocycles. The van der Waals surface area contributed by atoms with Gasteiger partial charge < -0.3 is 20.7 Å². The summed E-state index contributed by atoms with van der Waals surface area (Å²) in [5, 5.41) is 19.2. The van der Waals surface area contributed by atoms with Gasteiger partial charge in [0.05, 0.1) is 17.3 Å². The van der Waals surface area contributed by atoms with Gasteiger partial charge in [0, 0.05) is 39.5 Å². The number of rotatable bonds is 12. The topological polar surface area (TPSA) is 140 Å². The fourth-order valence-corrected chi connectivity index (χ4v) is 4.75. The molecule has 44 heavy (non-hydrogen) atoms. The quantitative estimate of drug-likeness (QED) is 0.0726. The van der Waals surface area contributed by atoms with Crippen LogP contribution >= 0.6 is 11.8 Å². The second kappa shape index (κ2) is 15.2. The van der Waals surface area contributed by atoms with Crippen LogP contribution < -0.4 is 20.7 Å². The van der Waals surface area contributed by atoms with E-state index >= 15 is 0 Å². The maximum Gasteiger partial charge on any atom is 0.272 e. The normalized spacial score (nSPS) is 10.9. The third-order valence-electron chi connectivity index (χ3n) is 6.22. The van der Waals surface area contributed by atoms with Gasteiger partial charge in [0.25, 0.3) is 17.5 Å². The Bertz CT molecular complexity index is 1690. The van der Waals surface area contributed by atoms with Gasteiger partial charge in [0.2, 0.25) is 5.91 Å². The van der Waals surface area contributed by atoms with Crippen LogP contribution in [0.3, 0.4) is 0 Å². The van der Waals surface area contributed by atoms with Gasteiger partial charge in [-0.25, -0.2) is 0 Å². The smallest absolute Gasteiger partial charge is 0.272 e. The first-order chi connectivity index (χ1) is 21.2. The largest absolute Gasteiger partial charge is 0.493 e. The molecule has 3 amide bonds. The highest BCUT2D eigenvalue weighted by Crippen LogP contribution is 2.25. The second-order valence-electron chi connectivity index (χ2n) is 9.42. The molecule has 0 aliphatic carbocycles. The Balaban J connectivity index is 1.42. The van der Waals surface area contributed by atoms with Crippen LogP contribution in [-0.4, -0.2) is 35.0 Å². The molecule has 0 fully saturated rings. The van der Waals surface area contributed by atoms with Crippen LogP contribution in [-0.2, 0) is 9.59 Å². The summed E-state index contributed by atoms with van der Waals surface area (Å²) in [5.74, 6) is -0.544. The van der Waals surface area contributed by atoms with Gasteiger partial charge in [0.15, 0.2) is 0 Å². The third kappa shape index (κ3) is 8.79. The fourth-order valence-electron chi connectivity index (χ4n) is 4.05. The SMILES string of the molecule is CCOc1ccccc1/C=C(\NC(=O)c1ccccc1)C(=O)Nc1ccc(SCC(=O)Nc2ccc([N+](=O)[O-])cc2C)cc1. The number of para-hydroxylation sites is 1. The van der Waals surface area contributed by atoms with Gasteiger partial charge in [-0.1, -0.05) is 36.4 Å². The fraction of sp³-hybridized carbons (Fsp3) is 0.121. The van der Waals surface area contributed by atoms with Crippen LogP contribution in [0.2, 0.25) is 0 Å². The van der Waals surface area contributed by atoms with Gasteiger partial charge in [0.1, 0.15) is 11.4 Å². The van der Waals surface area contributed by atoms with Crippen molar-refractivity contribution >= 4 is 52.6 Å². The monoisotopic (exact) mass is 610 g/mol. The van der Waals surface area contributed by atoms with E-state index in [1.54, 1.807) is 79.7 Å². The van der Waals surface area contributed by atoms with Crippen LogP contribution in [0.4, 0.5) is 17.1 Å². The molecule has 0 aliphatic heterocycles. The number of benzene rings is 4. The van der Waals surface area contributed by atoms with Crippen molar-refractivity contribution in [3.05, 3.63) is 130 Å². The Labute approximate surface area is 258 Å². The molecule has 4 aromatic rings. The van der Waals surface area contributed by atoms with Crippen molar-refractivity contribution < 1.29 is 24.0 Å². The Morgan fingerprint density at radius 3 is 2.30 bits per heavy atom. The molecular formula is C33H30N4O6S. The van der Waals surface area contributed by atoms with Gasteiger partial charge in [-0.3, -0.25) is 24.5 Å². The first kappa shape index (κ1) is 31.5. The van der Waals surface area contributed by atoms with E-state index in [2.05, 4.69) is 16.0 Å². The van der Waals surface area contributed by atoms with E-state index in [0.29, 0.717) is 40.4 Å². The molecule has 11 heteroatoms. The van der Waals surface area contributed by atoms with E-state index < -0.39 is 16.7 Å². The first-order valence-corrected chi connectivity index (χ1v) is 14.6. The lowest BCUT2D eigenvalue weighted by molar-refractivity contribution is -0.384. The summed E-state index contributed by atoms with van der Waals surface area (Å²) in [6, 6.07) is 27.0. The van der Waals surface area contributed by atoms with Crippen molar-refractivity contribution in [3.8, 4) is 5.75 Å². The maximum absolute atomic E-state index is 13.4. The number of nitrogens with one attached hydrogen (secondary N) is 3. The number of anilines is 2. The molecule has 0 spiro atoms. The number of aryl methyl sites for hydroxylation is 1. The maximum atomic E-state index is 13.4. The number of nitro groups is 1. The Kier molecular flexibility index (Phi) is 10.9. The summed E-state index contributed by atoms with van der Waals surface area (Å²) in [7, 11) is 0. The van der Waals surface area contributed by atoms with E-state index in [9.17, 15) is 24.5 Å². The Morgan fingerprint density at radius 1 is 0.909 bits per heavy atom. The third-order valence-corrected chi connectivity index (χ3v) is 7.24. The number of nitrogens with zero attached hydrogens (tertiary/aromatic N) is 1. The minimum Gasteiger partial charge on any atom is -0.493 e. The van der Waals surface area contributed by atoms with Crippen molar-refractivity contribution in [1.82, 2.24) is 5.32 Å². The zero-order chi connectivity index (χ0) is 31.5. The van der Waals surface area contributed by atoms with E-state index in [1.165, 1.54) is 30.0 Å². The molecule has 4 aromatic carbocycles. The number of hydrogen-bond acceptors (Lipinski definition) is 7. The molecule has 0 bridgehead atoms. The lowest BCUT2D eigenvalue weighted by Crippen LogP contribution is -2.30. The van der Waals surface area contributed by atoms with Crippen LogP contribution in [0.5, 0.6) is 5.75 Å². The highest BCUT2D eigenvalue weighted by Gasteiger charge is 2.17. The predicted molar refractivity (Wildman–Crippen MR) is 172 cm³/mol. The Morgan fingerprint density at radius 2 is 1.61 bits per heavy atom. The lowest BCUT2D eigenvalue weighted by Gasteiger charge is -2.13. The second-order valence-corrected chi connectivity index (χ2v) is 10.5. The molecule has 0 radical (unpaired) electrons. The number of thioether (sulfide) groups is 1. The van der Waals surface area contributed by atoms with Crippen molar-refractivity contribution in [2.24, 2.45) is 0 Å². The summed E-state index contributed by atoms with van der Waals surface area (Å²) in [4.78, 5) is 50.0. The molecule has 3 N–H and O–H groups in total. The predicted octanol–water partition coefficient (Wildman–Crippen LogP) is 6.44. The molecule has 0 saturated carbocycles. The number of hydrogen-bond donors (Lipinski definition) is 3. The molecule has 0 heterocycles. The first-order valence-electron chi connectivity index (χ1n) is 13.6. The van der Waals surface area contributed by atoms with Crippen molar-refractivity contribution in [3.63, 3.8) is 0 Å². The van der Waals surface area contributed by atoms with E-state index in [-0.39, 0.29) is 23.0 Å². The summed E-state index contributed by atoms with van der Waals surface area (Å²) in [6.45, 7) is 3.99. The zero-order valence-corrected chi connectivity index (χ0v) is 24.9. The molecule has 10 nitrogen and oxygen atoms in total. The standard InChI is InChI=1S/C33H30N4O6S/c1-3-43-30-12-8-7-11-24(30)20-29(36-32(39)23-9-5-4-6-10-23)33(40)34-25-13-16-27(17-14-25)44-21-31(38)35-28-18-15-26(37(41)42)19-22(28)2/h4-20H,3,21H2,1-2H3,(H,34,40)(H,35,38)(H,36,39)/b29-20-. The van der Waals surface area contributed by atoms with Gasteiger partial charge in [-0.15, -0.1) is 11.8 Å². The highest BCUT2D eigenvalue weighted by molar-refractivity contribution is 8.00. The molecule has 0 atom stereocenters. The van der Waals surface area contributed by atoms with Gasteiger partial charge >= 0.3 is 0 Å². The highest BCUT2D eigenvalue weighted by atomic mass is 32.2. The van der Waals surface area contributed by atoms with Crippen LogP contribution in [0.15, 0.2) is 108 Å². The van der Waals surface area contributed by atoms with Crippen LogP contribution in [0, 0.1) is 17.0 Å². The zero-order valence-electron chi connectivity index (χ0n) is 24.0. The summed E-state index contributed by atoms with van der Waals surface area (Å²) in [6.07, 6.45) is 1.57. The molecule has 0 unspecified atom stereocenters. The summed E-state index contributed by atoms with van der Waals surface area (Å²) in [5.41, 5.74) is 2.60. The Hall–Kier alpha value is -5.42. The number of carbonyl (C=O) groups excluding carboxylic acids is 3. The lowest BCUT2D eigenvalue weighted by atomic mass is 10.1. The van der Waals surface area contributed by atoms with Gasteiger partial charge in [-0.05, 0) is 74.0 Å². The molecule has 0 aliphatic rings. The molecule has 0 aromatic heterocycles. The number of nitro benzene ring substituents is 1. The van der Waals surface area contributed by atoms with Crippen molar-refractivity contribution in [2.45, 2.75) is 18.7 Å². The average Bonchev–Trinajstić information content (AvgIpc) is 3.02. The number of ether oxygens (including phenoxy) is 1. The van der Waals surface area contributed by atoms with Crippen molar-refractivity contribution in [1.29, 1.82) is 0 Å². The van der Waals surface area contributed by atoms with E-state index in [0.717, 1.165) is 4.90 Å². The molecule has 224 valence electrons. The summed E-state index contributed by atoms with van der Waals surface area (Å²) >= 11 is 1.29. The van der Waals surface area contributed by atoms with E-state index in [4.69, 9.17) is 4.74 Å². The van der Waals surface area contributed by atoms with Crippen LogP contribution in [0.25, 0.3) is 6.08 Å². The summed E-state index contributed by atoms with van der Waals surface area (Å²) < 4.78 is 5.69. The molecule has 4 rings (SSSR count). The minimum atomic E-state index is -0.529. The minimum absolute atomic E-state index is 0.0302. The number of amides is 3. The van der Waals surface area contributed by atoms with Crippen molar-refractivity contribution in [2.75, 3.05) is 23.0 Å². The van der Waals surface area contributed by atoms with Crippen LogP contribution in [0.1, 0.15) is 28.4 Å². The molecular weight excluding hydrogens is 580 g/mol. The average molecular weight is 611 g/mol. The number of non-ortho nitro benzene ring substituents is 1. The van der Waals surface area contributed by atoms with E-state index in [1.807, 2.05) is 19.1 Å². The van der Waals surface area contributed by atoms with Gasteiger partial charge in [-0.2, -0.15) is 0 Å².